The summed E-state index contributed by atoms with van der Waals surface area (Å²) in [5.41, 5.74) is 7.80. The molecule has 0 aliphatic heterocycles. The molecule has 0 atom stereocenters. The van der Waals surface area contributed by atoms with E-state index in [1.165, 1.54) is 0 Å². The van der Waals surface area contributed by atoms with Crippen LogP contribution in [-0.4, -0.2) is 6.72 Å². The highest BCUT2D eigenvalue weighted by Crippen LogP contribution is 2.22. The van der Waals surface area contributed by atoms with Crippen LogP contribution in [-0.2, 0) is 0 Å². The summed E-state index contributed by atoms with van der Waals surface area (Å²) < 4.78 is 0.982. The minimum absolute atomic E-state index is 0.600. The molecule has 1 aromatic rings. The van der Waals surface area contributed by atoms with Crippen molar-refractivity contribution in [1.29, 1.82) is 0 Å². The Balaban J connectivity index is 3.14. The molecule has 0 saturated heterocycles. The van der Waals surface area contributed by atoms with Crippen molar-refractivity contribution in [2.75, 3.05) is 5.01 Å². The van der Waals surface area contributed by atoms with Gasteiger partial charge in [0.15, 0.2) is 0 Å². The molecule has 0 spiro atoms. The zero-order valence-corrected chi connectivity index (χ0v) is 10.5. The van der Waals surface area contributed by atoms with E-state index >= 15 is 0 Å². The summed E-state index contributed by atoms with van der Waals surface area (Å²) in [5.74, 6) is 0.600. The highest BCUT2D eigenvalue weighted by molar-refractivity contribution is 9.10. The van der Waals surface area contributed by atoms with Gasteiger partial charge in [-0.2, -0.15) is 5.10 Å². The highest BCUT2D eigenvalue weighted by Gasteiger charge is 2.08. The van der Waals surface area contributed by atoms with E-state index in [9.17, 15) is 0 Å². The van der Waals surface area contributed by atoms with Gasteiger partial charge in [0, 0.05) is 11.2 Å². The molecule has 15 heavy (non-hydrogen) atoms. The van der Waals surface area contributed by atoms with Gasteiger partial charge in [-0.25, -0.2) is 5.01 Å². The van der Waals surface area contributed by atoms with Crippen LogP contribution in [0, 0.1) is 0 Å². The quantitative estimate of drug-likeness (QED) is 0.676. The molecule has 2 N–H and O–H groups in total. The van der Waals surface area contributed by atoms with Crippen LogP contribution in [0.1, 0.15) is 13.8 Å². The molecule has 3 nitrogen and oxygen atoms in total. The normalized spacial score (nSPS) is 9.53. The lowest BCUT2D eigenvalue weighted by molar-refractivity contribution is 0.956. The third-order valence-corrected chi connectivity index (χ3v) is 2.43. The van der Waals surface area contributed by atoms with E-state index in [1.54, 1.807) is 5.01 Å². The number of anilines is 1. The fraction of sp³-hybridized carbons (Fsp3) is 0.182. The maximum Gasteiger partial charge on any atom is 0.124 e. The fourth-order valence-corrected chi connectivity index (χ4v) is 1.50. The maximum absolute atomic E-state index is 5.91. The standard InChI is InChI=1S/C11H14BrN3/c1-8(2)11(13)15(14-3)10-6-4-5-9(12)7-10/h4-7H,3,13H2,1-2H3. The molecule has 0 saturated carbocycles. The Bertz CT molecular complexity index is 395. The summed E-state index contributed by atoms with van der Waals surface area (Å²) in [7, 11) is 0. The monoisotopic (exact) mass is 267 g/mol. The number of rotatable bonds is 3. The Morgan fingerprint density at radius 3 is 2.60 bits per heavy atom. The molecule has 0 heterocycles. The van der Waals surface area contributed by atoms with Gasteiger partial charge in [-0.15, -0.1) is 0 Å². The summed E-state index contributed by atoms with van der Waals surface area (Å²) in [6.45, 7) is 7.39. The molecule has 80 valence electrons. The molecular formula is C11H14BrN3. The van der Waals surface area contributed by atoms with Gasteiger partial charge in [-0.1, -0.05) is 22.0 Å². The molecule has 0 fully saturated rings. The zero-order chi connectivity index (χ0) is 11.4. The Labute approximate surface area is 98.4 Å². The van der Waals surface area contributed by atoms with Crippen molar-refractivity contribution >= 4 is 28.3 Å². The highest BCUT2D eigenvalue weighted by atomic mass is 79.9. The number of allylic oxidation sites excluding steroid dienone is 1. The molecule has 1 rings (SSSR count). The van der Waals surface area contributed by atoms with E-state index in [-0.39, 0.29) is 0 Å². The number of hydrogen-bond acceptors (Lipinski definition) is 3. The second-order valence-electron chi connectivity index (χ2n) is 3.32. The molecule has 0 aliphatic carbocycles. The molecule has 0 radical (unpaired) electrons. The summed E-state index contributed by atoms with van der Waals surface area (Å²) in [6.07, 6.45) is 0. The van der Waals surface area contributed by atoms with Crippen molar-refractivity contribution in [2.24, 2.45) is 10.8 Å². The van der Waals surface area contributed by atoms with Crippen molar-refractivity contribution in [1.82, 2.24) is 0 Å². The Morgan fingerprint density at radius 2 is 2.13 bits per heavy atom. The van der Waals surface area contributed by atoms with E-state index < -0.39 is 0 Å². The first-order valence-electron chi connectivity index (χ1n) is 4.51. The third-order valence-electron chi connectivity index (χ3n) is 1.93. The molecule has 0 unspecified atom stereocenters. The average molecular weight is 268 g/mol. The van der Waals surface area contributed by atoms with Gasteiger partial charge in [0.25, 0.3) is 0 Å². The largest absolute Gasteiger partial charge is 0.384 e. The predicted octanol–water partition coefficient (Wildman–Crippen LogP) is 3.08. The number of nitrogens with zero attached hydrogens (tertiary/aromatic N) is 2. The molecule has 1 aromatic carbocycles. The lowest BCUT2D eigenvalue weighted by Crippen LogP contribution is -2.22. The van der Waals surface area contributed by atoms with Crippen LogP contribution >= 0.6 is 15.9 Å². The van der Waals surface area contributed by atoms with E-state index in [0.29, 0.717) is 5.82 Å². The number of nitrogens with two attached hydrogens (primary N) is 1. The second-order valence-corrected chi connectivity index (χ2v) is 4.23. The van der Waals surface area contributed by atoms with Gasteiger partial charge in [-0.3, -0.25) is 0 Å². The van der Waals surface area contributed by atoms with E-state index in [2.05, 4.69) is 27.7 Å². The molecule has 0 amide bonds. The van der Waals surface area contributed by atoms with Crippen molar-refractivity contribution in [3.8, 4) is 0 Å². The number of benzene rings is 1. The summed E-state index contributed by atoms with van der Waals surface area (Å²) in [6, 6.07) is 7.74. The van der Waals surface area contributed by atoms with Gasteiger partial charge in [0.05, 0.1) is 5.69 Å². The van der Waals surface area contributed by atoms with Crippen LogP contribution in [0.15, 0.2) is 45.2 Å². The Morgan fingerprint density at radius 1 is 1.47 bits per heavy atom. The molecular weight excluding hydrogens is 254 g/mol. The molecule has 0 aliphatic rings. The smallest absolute Gasteiger partial charge is 0.124 e. The van der Waals surface area contributed by atoms with Crippen molar-refractivity contribution in [2.45, 2.75) is 13.8 Å². The van der Waals surface area contributed by atoms with Crippen LogP contribution in [0.3, 0.4) is 0 Å². The van der Waals surface area contributed by atoms with Crippen LogP contribution in [0.5, 0.6) is 0 Å². The van der Waals surface area contributed by atoms with E-state index in [1.807, 2.05) is 38.1 Å². The van der Waals surface area contributed by atoms with Crippen LogP contribution in [0.2, 0.25) is 0 Å². The van der Waals surface area contributed by atoms with Gasteiger partial charge in [0.1, 0.15) is 5.82 Å². The molecule has 0 aromatic heterocycles. The minimum Gasteiger partial charge on any atom is -0.384 e. The van der Waals surface area contributed by atoms with E-state index in [0.717, 1.165) is 15.7 Å². The number of hydrogen-bond donors (Lipinski definition) is 1. The first-order valence-corrected chi connectivity index (χ1v) is 5.31. The van der Waals surface area contributed by atoms with Crippen molar-refractivity contribution in [3.63, 3.8) is 0 Å². The first kappa shape index (κ1) is 11.8. The fourth-order valence-electron chi connectivity index (χ4n) is 1.12. The third kappa shape index (κ3) is 2.83. The molecule has 4 heteroatoms. The van der Waals surface area contributed by atoms with Gasteiger partial charge >= 0.3 is 0 Å². The lowest BCUT2D eigenvalue weighted by Gasteiger charge is -2.20. The Kier molecular flexibility index (Phi) is 3.91. The van der Waals surface area contributed by atoms with E-state index in [4.69, 9.17) is 5.73 Å². The first-order chi connectivity index (χ1) is 7.06. The number of halogens is 1. The Hall–Kier alpha value is -1.29. The maximum atomic E-state index is 5.91. The van der Waals surface area contributed by atoms with Crippen molar-refractivity contribution < 1.29 is 0 Å². The summed E-state index contributed by atoms with van der Waals surface area (Å²) >= 11 is 3.40. The van der Waals surface area contributed by atoms with Gasteiger partial charge in [0.2, 0.25) is 0 Å². The van der Waals surface area contributed by atoms with Gasteiger partial charge < -0.3 is 5.73 Å². The van der Waals surface area contributed by atoms with Crippen LogP contribution in [0.25, 0.3) is 0 Å². The molecule has 0 bridgehead atoms. The van der Waals surface area contributed by atoms with Gasteiger partial charge in [-0.05, 0) is 37.6 Å². The average Bonchev–Trinajstić information content (AvgIpc) is 2.18. The van der Waals surface area contributed by atoms with Crippen LogP contribution in [0.4, 0.5) is 5.69 Å². The second kappa shape index (κ2) is 4.98. The topological polar surface area (TPSA) is 41.6 Å². The zero-order valence-electron chi connectivity index (χ0n) is 8.87. The SMILES string of the molecule is C=NN(C(N)=C(C)C)c1cccc(Br)c1. The lowest BCUT2D eigenvalue weighted by atomic mass is 10.3. The van der Waals surface area contributed by atoms with Crippen LogP contribution < -0.4 is 10.7 Å². The summed E-state index contributed by atoms with van der Waals surface area (Å²) in [5, 5.41) is 5.51. The number of hydrazone groups is 1. The minimum atomic E-state index is 0.600. The van der Waals surface area contributed by atoms with Crippen molar-refractivity contribution in [3.05, 3.63) is 40.1 Å². The summed E-state index contributed by atoms with van der Waals surface area (Å²) in [4.78, 5) is 0. The predicted molar refractivity (Wildman–Crippen MR) is 68.7 cm³/mol.